The fourth-order valence-corrected chi connectivity index (χ4v) is 3.21. The van der Waals surface area contributed by atoms with Gasteiger partial charge < -0.3 is 9.53 Å². The molecule has 0 spiro atoms. The Kier molecular flexibility index (Phi) is 4.59. The molecule has 0 saturated carbocycles. The Morgan fingerprint density at radius 2 is 1.48 bits per heavy atom. The van der Waals surface area contributed by atoms with Gasteiger partial charge in [-0.15, -0.1) is 0 Å². The number of benzene rings is 1. The van der Waals surface area contributed by atoms with Crippen LogP contribution in [0.5, 0.6) is 0 Å². The maximum absolute atomic E-state index is 12.6. The van der Waals surface area contributed by atoms with Crippen LogP contribution in [0.1, 0.15) is 32.4 Å². The largest absolute Gasteiger partial charge is 0.414 e. The molecule has 1 rings (SSSR count). The molecule has 0 aliphatic rings. The zero-order chi connectivity index (χ0) is 18.4. The fraction of sp³-hybridized carbons (Fsp3) is 0.571. The van der Waals surface area contributed by atoms with Crippen LogP contribution < -0.4 is 0 Å². The topological polar surface area (TPSA) is 29.5 Å². The first-order valence-electron chi connectivity index (χ1n) is 6.99. The van der Waals surface area contributed by atoms with Gasteiger partial charge in [0.05, 0.1) is 6.61 Å². The Bertz CT molecular complexity index is 563. The second-order valence-corrected chi connectivity index (χ2v) is 14.3. The van der Waals surface area contributed by atoms with Crippen LogP contribution in [0.15, 0.2) is 29.2 Å². The number of hydrogen-bond acceptors (Lipinski definition) is 2. The van der Waals surface area contributed by atoms with Crippen molar-refractivity contribution in [1.29, 1.82) is 0 Å². The Labute approximate surface area is 134 Å². The standard InChI is InChI=1S/C14H23F5O2SSi/c1-14(2,3)23(4,5)21-10-13(20)11-6-8-12(9-7-11)22(15,16,17,18)19/h6-9,13,20H,10H2,1-5H3. The summed E-state index contributed by atoms with van der Waals surface area (Å²) in [5.74, 6) is 0. The van der Waals surface area contributed by atoms with Gasteiger partial charge in [-0.25, -0.2) is 0 Å². The molecule has 9 heteroatoms. The summed E-state index contributed by atoms with van der Waals surface area (Å²) in [5, 5.41) is 9.93. The highest BCUT2D eigenvalue weighted by Gasteiger charge is 2.65. The van der Waals surface area contributed by atoms with Crippen LogP contribution >= 0.6 is 10.2 Å². The summed E-state index contributed by atoms with van der Waals surface area (Å²) in [6.45, 7) is 9.87. The molecule has 1 atom stereocenters. The minimum Gasteiger partial charge on any atom is -0.414 e. The maximum Gasteiger partial charge on any atom is 0.310 e. The highest BCUT2D eigenvalue weighted by Crippen LogP contribution is 3.02. The lowest BCUT2D eigenvalue weighted by Gasteiger charge is -2.40. The normalized spacial score (nSPS) is 18.2. The lowest BCUT2D eigenvalue weighted by molar-refractivity contribution is 0.100. The molecule has 2 nitrogen and oxygen atoms in total. The summed E-state index contributed by atoms with van der Waals surface area (Å²) in [4.78, 5) is -1.97. The molecule has 1 aromatic rings. The molecule has 1 aromatic carbocycles. The summed E-state index contributed by atoms with van der Waals surface area (Å²) in [5.41, 5.74) is 0.106. The summed E-state index contributed by atoms with van der Waals surface area (Å²) in [6.07, 6.45) is -1.17. The van der Waals surface area contributed by atoms with E-state index in [4.69, 9.17) is 4.43 Å². The number of hydrogen-bond donors (Lipinski definition) is 1. The van der Waals surface area contributed by atoms with Crippen LogP contribution in [0.3, 0.4) is 0 Å². The van der Waals surface area contributed by atoms with Crippen molar-refractivity contribution < 1.29 is 29.0 Å². The molecule has 0 heterocycles. The van der Waals surface area contributed by atoms with E-state index in [1.165, 1.54) is 0 Å². The number of aliphatic hydroxyl groups is 1. The minimum atomic E-state index is -9.68. The Balaban J connectivity index is 2.87. The molecule has 0 aliphatic heterocycles. The average Bonchev–Trinajstić information content (AvgIpc) is 2.32. The SMILES string of the molecule is CC(C)(C)[Si](C)(C)OCC(O)c1ccc(S(F)(F)(F)(F)F)cc1. The van der Waals surface area contributed by atoms with Gasteiger partial charge in [-0.2, -0.15) is 0 Å². The van der Waals surface area contributed by atoms with E-state index in [0.29, 0.717) is 12.1 Å². The van der Waals surface area contributed by atoms with Crippen molar-refractivity contribution in [3.05, 3.63) is 29.8 Å². The first kappa shape index (κ1) is 20.4. The molecule has 0 fully saturated rings. The number of halogens is 5. The van der Waals surface area contributed by atoms with Crippen molar-refractivity contribution in [2.45, 2.75) is 49.9 Å². The quantitative estimate of drug-likeness (QED) is 0.474. The third kappa shape index (κ3) is 5.44. The Hall–Kier alpha value is -0.643. The predicted molar refractivity (Wildman–Crippen MR) is 85.9 cm³/mol. The summed E-state index contributed by atoms with van der Waals surface area (Å²) in [7, 11) is -11.8. The highest BCUT2D eigenvalue weighted by atomic mass is 32.5. The third-order valence-corrected chi connectivity index (χ3v) is 9.78. The van der Waals surface area contributed by atoms with Gasteiger partial charge in [0, 0.05) is 0 Å². The lowest BCUT2D eigenvalue weighted by Crippen LogP contribution is -2.41. The van der Waals surface area contributed by atoms with E-state index < -0.39 is 29.5 Å². The molecular formula is C14H23F5O2SSi. The molecule has 0 saturated heterocycles. The molecule has 1 unspecified atom stereocenters. The molecule has 136 valence electrons. The summed E-state index contributed by atoms with van der Waals surface area (Å²) >= 11 is 0. The molecule has 1 N–H and O–H groups in total. The van der Waals surface area contributed by atoms with Crippen LogP contribution in [0, 0.1) is 0 Å². The lowest BCUT2D eigenvalue weighted by atomic mass is 10.1. The van der Waals surface area contributed by atoms with Gasteiger partial charge in [0.1, 0.15) is 11.0 Å². The van der Waals surface area contributed by atoms with E-state index in [-0.39, 0.29) is 17.2 Å². The van der Waals surface area contributed by atoms with Gasteiger partial charge in [-0.3, -0.25) is 0 Å². The fourth-order valence-electron chi connectivity index (χ4n) is 1.55. The second kappa shape index (κ2) is 5.17. The van der Waals surface area contributed by atoms with E-state index in [0.717, 1.165) is 12.1 Å². The monoisotopic (exact) mass is 378 g/mol. The molecule has 23 heavy (non-hydrogen) atoms. The summed E-state index contributed by atoms with van der Waals surface area (Å²) < 4.78 is 68.9. The molecule has 0 aromatic heterocycles. The van der Waals surface area contributed by atoms with Gasteiger partial charge in [0.25, 0.3) is 0 Å². The van der Waals surface area contributed by atoms with E-state index in [2.05, 4.69) is 0 Å². The van der Waals surface area contributed by atoms with Crippen molar-refractivity contribution in [3.63, 3.8) is 0 Å². The van der Waals surface area contributed by atoms with Crippen molar-refractivity contribution in [2.75, 3.05) is 6.61 Å². The first-order chi connectivity index (χ1) is 9.83. The molecule has 0 bridgehead atoms. The van der Waals surface area contributed by atoms with Gasteiger partial charge in [0.15, 0.2) is 8.32 Å². The zero-order valence-corrected chi connectivity index (χ0v) is 15.6. The Morgan fingerprint density at radius 1 is 1.04 bits per heavy atom. The van der Waals surface area contributed by atoms with Gasteiger partial charge in [-0.05, 0) is 35.8 Å². The average molecular weight is 378 g/mol. The van der Waals surface area contributed by atoms with Gasteiger partial charge in [0.2, 0.25) is 0 Å². The highest BCUT2D eigenvalue weighted by molar-refractivity contribution is 8.45. The van der Waals surface area contributed by atoms with Gasteiger partial charge in [-0.1, -0.05) is 52.3 Å². The first-order valence-corrected chi connectivity index (χ1v) is 11.9. The maximum atomic E-state index is 12.6. The third-order valence-electron chi connectivity index (χ3n) is 4.12. The van der Waals surface area contributed by atoms with E-state index in [1.807, 2.05) is 33.9 Å². The molecule has 0 amide bonds. The van der Waals surface area contributed by atoms with Gasteiger partial charge >= 0.3 is 10.2 Å². The van der Waals surface area contributed by atoms with Crippen LogP contribution in [0.2, 0.25) is 18.1 Å². The van der Waals surface area contributed by atoms with E-state index in [9.17, 15) is 24.5 Å². The zero-order valence-electron chi connectivity index (χ0n) is 13.7. The summed E-state index contributed by atoms with van der Waals surface area (Å²) in [6, 6.07) is 2.30. The van der Waals surface area contributed by atoms with E-state index in [1.54, 1.807) is 0 Å². The second-order valence-electron chi connectivity index (χ2n) is 7.13. The van der Waals surface area contributed by atoms with Crippen molar-refractivity contribution in [1.82, 2.24) is 0 Å². The number of aliphatic hydroxyl groups excluding tert-OH is 1. The van der Waals surface area contributed by atoms with Crippen molar-refractivity contribution in [3.8, 4) is 0 Å². The van der Waals surface area contributed by atoms with Crippen LogP contribution in [0.25, 0.3) is 0 Å². The molecule has 0 aliphatic carbocycles. The van der Waals surface area contributed by atoms with Crippen molar-refractivity contribution >= 4 is 18.5 Å². The van der Waals surface area contributed by atoms with Crippen LogP contribution in [0.4, 0.5) is 19.4 Å². The van der Waals surface area contributed by atoms with Crippen LogP contribution in [-0.2, 0) is 4.43 Å². The minimum absolute atomic E-state index is 0.0845. The molecular weight excluding hydrogens is 355 g/mol. The number of rotatable bonds is 5. The molecule has 0 radical (unpaired) electrons. The predicted octanol–water partition coefficient (Wildman–Crippen LogP) is 6.40. The smallest absolute Gasteiger partial charge is 0.310 e. The van der Waals surface area contributed by atoms with E-state index >= 15 is 0 Å². The Morgan fingerprint density at radius 3 is 1.83 bits per heavy atom. The van der Waals surface area contributed by atoms with Crippen LogP contribution in [-0.4, -0.2) is 20.0 Å². The van der Waals surface area contributed by atoms with Crippen molar-refractivity contribution in [2.24, 2.45) is 0 Å².